The molecule has 3 N–H and O–H groups in total. The molecule has 0 spiro atoms. The largest absolute Gasteiger partial charge is 0.372 e. The van der Waals surface area contributed by atoms with Crippen LogP contribution in [0.5, 0.6) is 0 Å². The Hall–Kier alpha value is -2.04. The second kappa shape index (κ2) is 4.22. The molecule has 0 radical (unpaired) electrons. The lowest BCUT2D eigenvalue weighted by atomic mass is 10.2. The van der Waals surface area contributed by atoms with Crippen molar-refractivity contribution in [2.75, 3.05) is 11.9 Å². The number of imide groups is 1. The molecular weight excluding hydrogens is 206 g/mol. The number of nitrogens with one attached hydrogen (secondary N) is 3. The zero-order chi connectivity index (χ0) is 11.5. The predicted octanol–water partition coefficient (Wildman–Crippen LogP) is 0.615. The van der Waals surface area contributed by atoms with Gasteiger partial charge < -0.3 is 10.6 Å². The number of benzene rings is 1. The van der Waals surface area contributed by atoms with E-state index in [-0.39, 0.29) is 5.91 Å². The maximum absolute atomic E-state index is 11.5. The minimum atomic E-state index is -0.438. The summed E-state index contributed by atoms with van der Waals surface area (Å²) < 4.78 is 0. The summed E-state index contributed by atoms with van der Waals surface area (Å²) in [5, 5.41) is 7.84. The molecule has 1 aliphatic rings. The van der Waals surface area contributed by atoms with Crippen LogP contribution >= 0.6 is 0 Å². The molecule has 3 amide bonds. The molecule has 5 heteroatoms. The SMILES string of the molecule is Cc1cccc(N[C@H]2CNC(=O)NC2=O)c1. The van der Waals surface area contributed by atoms with Crippen molar-refractivity contribution < 1.29 is 9.59 Å². The van der Waals surface area contributed by atoms with Gasteiger partial charge in [-0.2, -0.15) is 0 Å². The minimum absolute atomic E-state index is 0.301. The molecular formula is C11H13N3O2. The molecule has 0 saturated carbocycles. The summed E-state index contributed by atoms with van der Waals surface area (Å²) in [6.45, 7) is 2.28. The highest BCUT2D eigenvalue weighted by molar-refractivity contribution is 6.00. The lowest BCUT2D eigenvalue weighted by Gasteiger charge is -2.23. The van der Waals surface area contributed by atoms with Crippen LogP contribution in [-0.4, -0.2) is 24.5 Å². The molecule has 16 heavy (non-hydrogen) atoms. The van der Waals surface area contributed by atoms with Crippen molar-refractivity contribution in [3.63, 3.8) is 0 Å². The molecule has 2 rings (SSSR count). The van der Waals surface area contributed by atoms with Crippen LogP contribution in [-0.2, 0) is 4.79 Å². The average Bonchev–Trinajstić information content (AvgIpc) is 2.22. The molecule has 1 aromatic carbocycles. The van der Waals surface area contributed by atoms with E-state index in [0.29, 0.717) is 6.54 Å². The Morgan fingerprint density at radius 1 is 1.38 bits per heavy atom. The Morgan fingerprint density at radius 2 is 2.19 bits per heavy atom. The standard InChI is InChI=1S/C11H13N3O2/c1-7-3-2-4-8(5-7)13-9-6-12-11(16)14-10(9)15/h2-5,9,13H,6H2,1H3,(H2,12,14,15,16)/t9-/m0/s1. The first-order valence-electron chi connectivity index (χ1n) is 5.07. The summed E-state index contributed by atoms with van der Waals surface area (Å²) in [6, 6.07) is 6.87. The maximum Gasteiger partial charge on any atom is 0.321 e. The fourth-order valence-corrected chi connectivity index (χ4v) is 1.58. The highest BCUT2D eigenvalue weighted by Gasteiger charge is 2.25. The molecule has 1 fully saturated rings. The third kappa shape index (κ3) is 2.31. The van der Waals surface area contributed by atoms with E-state index in [1.807, 2.05) is 31.2 Å². The Labute approximate surface area is 93.2 Å². The van der Waals surface area contributed by atoms with E-state index in [4.69, 9.17) is 0 Å². The number of amides is 3. The van der Waals surface area contributed by atoms with Gasteiger partial charge in [0.1, 0.15) is 6.04 Å². The Balaban J connectivity index is 2.05. The molecule has 0 aliphatic carbocycles. The van der Waals surface area contributed by atoms with Gasteiger partial charge in [0.15, 0.2) is 0 Å². The van der Waals surface area contributed by atoms with Crippen LogP contribution in [0.1, 0.15) is 5.56 Å². The number of aryl methyl sites for hydroxylation is 1. The van der Waals surface area contributed by atoms with E-state index >= 15 is 0 Å². The van der Waals surface area contributed by atoms with E-state index in [1.54, 1.807) is 0 Å². The van der Waals surface area contributed by atoms with Crippen molar-refractivity contribution in [1.82, 2.24) is 10.6 Å². The lowest BCUT2D eigenvalue weighted by molar-refractivity contribution is -0.121. The Kier molecular flexibility index (Phi) is 2.76. The lowest BCUT2D eigenvalue weighted by Crippen LogP contribution is -2.57. The van der Waals surface area contributed by atoms with Crippen LogP contribution < -0.4 is 16.0 Å². The molecule has 1 atom stereocenters. The van der Waals surface area contributed by atoms with Crippen molar-refractivity contribution >= 4 is 17.6 Å². The molecule has 0 unspecified atom stereocenters. The number of anilines is 1. The van der Waals surface area contributed by atoms with Gasteiger partial charge in [-0.05, 0) is 24.6 Å². The molecule has 5 nitrogen and oxygen atoms in total. The molecule has 84 valence electrons. The van der Waals surface area contributed by atoms with Crippen molar-refractivity contribution in [2.45, 2.75) is 13.0 Å². The van der Waals surface area contributed by atoms with Crippen molar-refractivity contribution in [1.29, 1.82) is 0 Å². The molecule has 1 saturated heterocycles. The topological polar surface area (TPSA) is 70.2 Å². The monoisotopic (exact) mass is 219 g/mol. The Morgan fingerprint density at radius 3 is 2.88 bits per heavy atom. The highest BCUT2D eigenvalue weighted by Crippen LogP contribution is 2.11. The number of hydrogen-bond acceptors (Lipinski definition) is 3. The normalized spacial score (nSPS) is 19.9. The first-order chi connectivity index (χ1) is 7.65. The van der Waals surface area contributed by atoms with Gasteiger partial charge in [-0.3, -0.25) is 10.1 Å². The first kappa shape index (κ1) is 10.5. The summed E-state index contributed by atoms with van der Waals surface area (Å²) in [4.78, 5) is 22.3. The van der Waals surface area contributed by atoms with E-state index in [1.165, 1.54) is 0 Å². The van der Waals surface area contributed by atoms with Crippen molar-refractivity contribution in [3.05, 3.63) is 29.8 Å². The first-order valence-corrected chi connectivity index (χ1v) is 5.07. The van der Waals surface area contributed by atoms with Crippen LogP contribution in [0, 0.1) is 6.92 Å². The maximum atomic E-state index is 11.5. The second-order valence-electron chi connectivity index (χ2n) is 3.77. The van der Waals surface area contributed by atoms with Gasteiger partial charge in [0.05, 0.1) is 0 Å². The van der Waals surface area contributed by atoms with Gasteiger partial charge in [-0.15, -0.1) is 0 Å². The summed E-state index contributed by atoms with van der Waals surface area (Å²) in [5.41, 5.74) is 1.99. The zero-order valence-electron chi connectivity index (χ0n) is 8.91. The molecule has 1 aromatic rings. The van der Waals surface area contributed by atoms with Crippen LogP contribution in [0.25, 0.3) is 0 Å². The van der Waals surface area contributed by atoms with E-state index in [9.17, 15) is 9.59 Å². The van der Waals surface area contributed by atoms with Gasteiger partial charge >= 0.3 is 6.03 Å². The quantitative estimate of drug-likeness (QED) is 0.682. The van der Waals surface area contributed by atoms with Crippen LogP contribution in [0.3, 0.4) is 0 Å². The van der Waals surface area contributed by atoms with Gasteiger partial charge in [0.2, 0.25) is 0 Å². The summed E-state index contributed by atoms with van der Waals surface area (Å²) >= 11 is 0. The van der Waals surface area contributed by atoms with Crippen molar-refractivity contribution in [2.24, 2.45) is 0 Å². The summed E-state index contributed by atoms with van der Waals surface area (Å²) in [7, 11) is 0. The second-order valence-corrected chi connectivity index (χ2v) is 3.77. The van der Waals surface area contributed by atoms with E-state index < -0.39 is 12.1 Å². The molecule has 1 heterocycles. The van der Waals surface area contributed by atoms with Crippen LogP contribution in [0.4, 0.5) is 10.5 Å². The van der Waals surface area contributed by atoms with Crippen LogP contribution in [0.15, 0.2) is 24.3 Å². The van der Waals surface area contributed by atoms with Gasteiger partial charge in [0, 0.05) is 12.2 Å². The number of carbonyl (C=O) groups excluding carboxylic acids is 2. The number of urea groups is 1. The van der Waals surface area contributed by atoms with E-state index in [0.717, 1.165) is 11.3 Å². The number of rotatable bonds is 2. The number of carbonyl (C=O) groups is 2. The van der Waals surface area contributed by atoms with Gasteiger partial charge in [-0.25, -0.2) is 4.79 Å². The predicted molar refractivity (Wildman–Crippen MR) is 60.1 cm³/mol. The third-order valence-electron chi connectivity index (χ3n) is 2.38. The highest BCUT2D eigenvalue weighted by atomic mass is 16.2. The minimum Gasteiger partial charge on any atom is -0.372 e. The smallest absolute Gasteiger partial charge is 0.321 e. The van der Waals surface area contributed by atoms with Gasteiger partial charge in [0.25, 0.3) is 5.91 Å². The summed E-state index contributed by atoms with van der Waals surface area (Å²) in [5.74, 6) is -0.301. The molecule has 0 bridgehead atoms. The Bertz CT molecular complexity index is 431. The molecule has 0 aromatic heterocycles. The zero-order valence-corrected chi connectivity index (χ0v) is 8.91. The van der Waals surface area contributed by atoms with Gasteiger partial charge in [-0.1, -0.05) is 12.1 Å². The summed E-state index contributed by atoms with van der Waals surface area (Å²) in [6.07, 6.45) is 0. The fourth-order valence-electron chi connectivity index (χ4n) is 1.58. The third-order valence-corrected chi connectivity index (χ3v) is 2.38. The average molecular weight is 219 g/mol. The van der Waals surface area contributed by atoms with E-state index in [2.05, 4.69) is 16.0 Å². The fraction of sp³-hybridized carbons (Fsp3) is 0.273. The number of hydrogen-bond donors (Lipinski definition) is 3. The van der Waals surface area contributed by atoms with Crippen molar-refractivity contribution in [3.8, 4) is 0 Å². The molecule has 1 aliphatic heterocycles. The van der Waals surface area contributed by atoms with Crippen LogP contribution in [0.2, 0.25) is 0 Å².